The van der Waals surface area contributed by atoms with E-state index in [0.717, 1.165) is 10.1 Å². The van der Waals surface area contributed by atoms with Crippen molar-refractivity contribution in [3.05, 3.63) is 28.6 Å². The Morgan fingerprint density at radius 1 is 1.53 bits per heavy atom. The van der Waals surface area contributed by atoms with Crippen molar-refractivity contribution in [1.82, 2.24) is 14.6 Å². The second-order valence-corrected chi connectivity index (χ2v) is 4.11. The van der Waals surface area contributed by atoms with Gasteiger partial charge in [0.15, 0.2) is 11.5 Å². The van der Waals surface area contributed by atoms with E-state index in [1.54, 1.807) is 7.11 Å². The van der Waals surface area contributed by atoms with Gasteiger partial charge in [0, 0.05) is 17.8 Å². The SMILES string of the molecule is COCC(N)c1nnc2ccc(Br)cn12. The Morgan fingerprint density at radius 3 is 3.07 bits per heavy atom. The van der Waals surface area contributed by atoms with Crippen LogP contribution in [0, 0.1) is 0 Å². The van der Waals surface area contributed by atoms with Crippen molar-refractivity contribution in [3.8, 4) is 0 Å². The summed E-state index contributed by atoms with van der Waals surface area (Å²) in [6.07, 6.45) is 1.89. The molecule has 2 aromatic heterocycles. The van der Waals surface area contributed by atoms with Gasteiger partial charge in [-0.05, 0) is 28.1 Å². The molecule has 0 aliphatic carbocycles. The molecule has 2 aromatic rings. The van der Waals surface area contributed by atoms with E-state index in [-0.39, 0.29) is 6.04 Å². The average Bonchev–Trinajstić information content (AvgIpc) is 2.60. The van der Waals surface area contributed by atoms with Gasteiger partial charge < -0.3 is 10.5 Å². The number of pyridine rings is 1. The van der Waals surface area contributed by atoms with Crippen LogP contribution in [-0.4, -0.2) is 28.3 Å². The molecular formula is C9H11BrN4O. The summed E-state index contributed by atoms with van der Waals surface area (Å²) in [7, 11) is 1.61. The van der Waals surface area contributed by atoms with E-state index in [2.05, 4.69) is 26.1 Å². The van der Waals surface area contributed by atoms with E-state index < -0.39 is 0 Å². The topological polar surface area (TPSA) is 65.4 Å². The van der Waals surface area contributed by atoms with Crippen LogP contribution in [0.1, 0.15) is 11.9 Å². The molecule has 0 fully saturated rings. The first-order valence-electron chi connectivity index (χ1n) is 4.47. The Kier molecular flexibility index (Phi) is 2.99. The highest BCUT2D eigenvalue weighted by Gasteiger charge is 2.13. The third-order valence-electron chi connectivity index (χ3n) is 2.07. The summed E-state index contributed by atoms with van der Waals surface area (Å²) in [5.74, 6) is 0.702. The van der Waals surface area contributed by atoms with Crippen LogP contribution in [0.25, 0.3) is 5.65 Å². The molecule has 2 N–H and O–H groups in total. The summed E-state index contributed by atoms with van der Waals surface area (Å²) < 4.78 is 7.80. The molecule has 6 heteroatoms. The smallest absolute Gasteiger partial charge is 0.160 e. The van der Waals surface area contributed by atoms with Crippen LogP contribution in [0.15, 0.2) is 22.8 Å². The molecule has 15 heavy (non-hydrogen) atoms. The zero-order valence-corrected chi connectivity index (χ0v) is 9.81. The number of ether oxygens (including phenoxy) is 1. The number of rotatable bonds is 3. The van der Waals surface area contributed by atoms with Gasteiger partial charge in [-0.15, -0.1) is 10.2 Å². The Hall–Kier alpha value is -0.980. The van der Waals surface area contributed by atoms with E-state index in [9.17, 15) is 0 Å². The van der Waals surface area contributed by atoms with Crippen LogP contribution in [0.5, 0.6) is 0 Å². The predicted octanol–water partition coefficient (Wildman–Crippen LogP) is 1.14. The van der Waals surface area contributed by atoms with Crippen LogP contribution in [0.2, 0.25) is 0 Å². The molecule has 2 heterocycles. The summed E-state index contributed by atoms with van der Waals surface area (Å²) in [5.41, 5.74) is 6.68. The molecule has 0 saturated heterocycles. The van der Waals surface area contributed by atoms with Gasteiger partial charge in [-0.2, -0.15) is 0 Å². The molecule has 0 aliphatic heterocycles. The largest absolute Gasteiger partial charge is 0.383 e. The van der Waals surface area contributed by atoms with Crippen molar-refractivity contribution in [1.29, 1.82) is 0 Å². The third kappa shape index (κ3) is 2.01. The minimum Gasteiger partial charge on any atom is -0.383 e. The number of hydrogen-bond acceptors (Lipinski definition) is 4. The summed E-state index contributed by atoms with van der Waals surface area (Å²) in [6, 6.07) is 3.52. The molecular weight excluding hydrogens is 260 g/mol. The summed E-state index contributed by atoms with van der Waals surface area (Å²) in [5, 5.41) is 8.06. The molecule has 0 radical (unpaired) electrons. The maximum atomic E-state index is 5.90. The fourth-order valence-electron chi connectivity index (χ4n) is 1.39. The molecule has 0 amide bonds. The number of nitrogens with two attached hydrogens (primary N) is 1. The van der Waals surface area contributed by atoms with E-state index in [0.29, 0.717) is 12.4 Å². The monoisotopic (exact) mass is 270 g/mol. The van der Waals surface area contributed by atoms with E-state index in [1.165, 1.54) is 0 Å². The first-order valence-corrected chi connectivity index (χ1v) is 5.26. The lowest BCUT2D eigenvalue weighted by Gasteiger charge is -2.08. The molecule has 0 aliphatic rings. The number of hydrogen-bond donors (Lipinski definition) is 1. The zero-order chi connectivity index (χ0) is 10.8. The quantitative estimate of drug-likeness (QED) is 0.909. The number of fused-ring (bicyclic) bond motifs is 1. The maximum absolute atomic E-state index is 5.90. The minimum atomic E-state index is -0.265. The number of nitrogens with zero attached hydrogens (tertiary/aromatic N) is 3. The lowest BCUT2D eigenvalue weighted by molar-refractivity contribution is 0.178. The third-order valence-corrected chi connectivity index (χ3v) is 2.54. The Bertz CT molecular complexity index is 470. The molecule has 1 atom stereocenters. The maximum Gasteiger partial charge on any atom is 0.160 e. The highest BCUT2D eigenvalue weighted by atomic mass is 79.9. The van der Waals surface area contributed by atoms with Crippen molar-refractivity contribution < 1.29 is 4.74 Å². The zero-order valence-electron chi connectivity index (χ0n) is 8.22. The first kappa shape index (κ1) is 10.5. The number of aromatic nitrogens is 3. The van der Waals surface area contributed by atoms with Crippen molar-refractivity contribution in [2.75, 3.05) is 13.7 Å². The van der Waals surface area contributed by atoms with Gasteiger partial charge in [-0.25, -0.2) is 0 Å². The van der Waals surface area contributed by atoms with E-state index >= 15 is 0 Å². The van der Waals surface area contributed by atoms with Crippen LogP contribution >= 0.6 is 15.9 Å². The van der Waals surface area contributed by atoms with Crippen LogP contribution in [0.3, 0.4) is 0 Å². The van der Waals surface area contributed by atoms with Crippen molar-refractivity contribution in [2.24, 2.45) is 5.73 Å². The second-order valence-electron chi connectivity index (χ2n) is 3.20. The first-order chi connectivity index (χ1) is 7.22. The molecule has 5 nitrogen and oxygen atoms in total. The van der Waals surface area contributed by atoms with Gasteiger partial charge in [-0.1, -0.05) is 0 Å². The van der Waals surface area contributed by atoms with Gasteiger partial charge in [0.2, 0.25) is 0 Å². The Morgan fingerprint density at radius 2 is 2.33 bits per heavy atom. The lowest BCUT2D eigenvalue weighted by Crippen LogP contribution is -2.19. The molecule has 0 saturated carbocycles. The molecule has 0 aromatic carbocycles. The summed E-state index contributed by atoms with van der Waals surface area (Å²) in [4.78, 5) is 0. The summed E-state index contributed by atoms with van der Waals surface area (Å²) >= 11 is 3.39. The molecule has 0 spiro atoms. The van der Waals surface area contributed by atoms with E-state index in [4.69, 9.17) is 10.5 Å². The van der Waals surface area contributed by atoms with E-state index in [1.807, 2.05) is 22.7 Å². The highest BCUT2D eigenvalue weighted by molar-refractivity contribution is 9.10. The normalized spacial score (nSPS) is 13.3. The number of methoxy groups -OCH3 is 1. The van der Waals surface area contributed by atoms with Crippen LogP contribution in [0.4, 0.5) is 0 Å². The number of halogens is 1. The van der Waals surface area contributed by atoms with Gasteiger partial charge in [0.1, 0.15) is 0 Å². The minimum absolute atomic E-state index is 0.265. The fourth-order valence-corrected chi connectivity index (χ4v) is 1.73. The van der Waals surface area contributed by atoms with Crippen molar-refractivity contribution in [2.45, 2.75) is 6.04 Å². The summed E-state index contributed by atoms with van der Waals surface area (Å²) in [6.45, 7) is 0.424. The molecule has 2 rings (SSSR count). The standard InChI is InChI=1S/C9H11BrN4O/c1-15-5-7(11)9-13-12-8-3-2-6(10)4-14(8)9/h2-4,7H,5,11H2,1H3. The average molecular weight is 271 g/mol. The fraction of sp³-hybridized carbons (Fsp3) is 0.333. The lowest BCUT2D eigenvalue weighted by atomic mass is 10.3. The molecule has 80 valence electrons. The van der Waals surface area contributed by atoms with Gasteiger partial charge in [0.25, 0.3) is 0 Å². The second kappa shape index (κ2) is 4.26. The van der Waals surface area contributed by atoms with Gasteiger partial charge in [0.05, 0.1) is 12.6 Å². The van der Waals surface area contributed by atoms with Crippen LogP contribution in [-0.2, 0) is 4.74 Å². The van der Waals surface area contributed by atoms with Crippen molar-refractivity contribution >= 4 is 21.6 Å². The van der Waals surface area contributed by atoms with Crippen LogP contribution < -0.4 is 5.73 Å². The predicted molar refractivity (Wildman–Crippen MR) is 59.5 cm³/mol. The Labute approximate surface area is 95.4 Å². The van der Waals surface area contributed by atoms with Crippen molar-refractivity contribution in [3.63, 3.8) is 0 Å². The molecule has 0 bridgehead atoms. The van der Waals surface area contributed by atoms with Gasteiger partial charge >= 0.3 is 0 Å². The Balaban J connectivity index is 2.47. The highest BCUT2D eigenvalue weighted by Crippen LogP contribution is 2.15. The van der Waals surface area contributed by atoms with Gasteiger partial charge in [-0.3, -0.25) is 4.40 Å². The molecule has 1 unspecified atom stereocenters.